The first-order chi connectivity index (χ1) is 9.81. The number of rotatable bonds is 3. The highest BCUT2D eigenvalue weighted by Crippen LogP contribution is 2.34. The van der Waals surface area contributed by atoms with Gasteiger partial charge in [0.25, 0.3) is 0 Å². The zero-order valence-electron chi connectivity index (χ0n) is 9.96. The summed E-state index contributed by atoms with van der Waals surface area (Å²) in [6.07, 6.45) is 0. The Morgan fingerprint density at radius 1 is 1.05 bits per heavy atom. The Bertz CT molecular complexity index is 735. The molecule has 2 rings (SSSR count). The molecule has 0 amide bonds. The average Bonchev–Trinajstić information content (AvgIpc) is 2.40. The molecule has 0 unspecified atom stereocenters. The van der Waals surface area contributed by atoms with Crippen molar-refractivity contribution >= 4 is 37.8 Å². The van der Waals surface area contributed by atoms with Crippen molar-refractivity contribution in [3.05, 3.63) is 56.2 Å². The molecule has 110 valence electrons. The van der Waals surface area contributed by atoms with Crippen LogP contribution in [0.3, 0.4) is 0 Å². The van der Waals surface area contributed by atoms with E-state index in [0.717, 1.165) is 24.3 Å². The number of hydrogen-bond donors (Lipinski definition) is 1. The molecule has 2 aromatic carbocycles. The van der Waals surface area contributed by atoms with Crippen molar-refractivity contribution in [2.75, 3.05) is 0 Å². The van der Waals surface area contributed by atoms with Crippen LogP contribution in [-0.4, -0.2) is 11.1 Å². The Morgan fingerprint density at radius 3 is 2.33 bits per heavy atom. The number of carboxylic acids is 1. The topological polar surface area (TPSA) is 46.5 Å². The van der Waals surface area contributed by atoms with Crippen molar-refractivity contribution in [1.82, 2.24) is 0 Å². The van der Waals surface area contributed by atoms with E-state index in [1.54, 1.807) is 0 Å². The molecular weight excluding hydrogens is 421 g/mol. The Labute approximate surface area is 133 Å². The largest absolute Gasteiger partial charge is 0.478 e. The lowest BCUT2D eigenvalue weighted by Crippen LogP contribution is -2.01. The molecule has 0 radical (unpaired) electrons. The van der Waals surface area contributed by atoms with Gasteiger partial charge in [0.2, 0.25) is 5.82 Å². The van der Waals surface area contributed by atoms with E-state index in [-0.39, 0.29) is 14.5 Å². The molecule has 21 heavy (non-hydrogen) atoms. The third-order valence-corrected chi connectivity index (χ3v) is 3.69. The van der Waals surface area contributed by atoms with Crippen LogP contribution in [0.1, 0.15) is 10.4 Å². The van der Waals surface area contributed by atoms with Gasteiger partial charge >= 0.3 is 5.97 Å². The minimum Gasteiger partial charge on any atom is -0.478 e. The maximum absolute atomic E-state index is 14.0. The van der Waals surface area contributed by atoms with E-state index < -0.39 is 34.9 Å². The van der Waals surface area contributed by atoms with Crippen LogP contribution in [0.25, 0.3) is 0 Å². The molecule has 0 spiro atoms. The summed E-state index contributed by atoms with van der Waals surface area (Å²) in [5, 5.41) is 8.83. The minimum absolute atomic E-state index is 0.207. The van der Waals surface area contributed by atoms with Crippen LogP contribution in [-0.2, 0) is 0 Å². The first-order valence-corrected chi connectivity index (χ1v) is 6.93. The van der Waals surface area contributed by atoms with Crippen molar-refractivity contribution in [1.29, 1.82) is 0 Å². The summed E-state index contributed by atoms with van der Waals surface area (Å²) in [4.78, 5) is 10.8. The van der Waals surface area contributed by atoms with Gasteiger partial charge < -0.3 is 9.84 Å². The molecule has 0 aliphatic carbocycles. The van der Waals surface area contributed by atoms with Crippen LogP contribution in [0.4, 0.5) is 13.2 Å². The monoisotopic (exact) mass is 424 g/mol. The van der Waals surface area contributed by atoms with E-state index in [1.807, 2.05) is 0 Å². The Morgan fingerprint density at radius 2 is 1.71 bits per heavy atom. The molecular formula is C13H5Br2F3O3. The maximum Gasteiger partial charge on any atom is 0.336 e. The second-order valence-electron chi connectivity index (χ2n) is 3.85. The molecule has 0 aliphatic heterocycles. The van der Waals surface area contributed by atoms with Crippen LogP contribution in [0.15, 0.2) is 33.2 Å². The summed E-state index contributed by atoms with van der Waals surface area (Å²) < 4.78 is 45.6. The van der Waals surface area contributed by atoms with Gasteiger partial charge in [0.15, 0.2) is 23.1 Å². The van der Waals surface area contributed by atoms with Crippen molar-refractivity contribution in [2.24, 2.45) is 0 Å². The Kier molecular flexibility index (Phi) is 4.58. The molecule has 0 fully saturated rings. The van der Waals surface area contributed by atoms with Crippen LogP contribution < -0.4 is 4.74 Å². The molecule has 0 heterocycles. The second kappa shape index (κ2) is 6.07. The van der Waals surface area contributed by atoms with Crippen molar-refractivity contribution in [3.63, 3.8) is 0 Å². The molecule has 0 aromatic heterocycles. The van der Waals surface area contributed by atoms with E-state index in [0.29, 0.717) is 0 Å². The summed E-state index contributed by atoms with van der Waals surface area (Å²) in [7, 11) is 0. The molecule has 0 aliphatic rings. The molecule has 1 N–H and O–H groups in total. The van der Waals surface area contributed by atoms with Gasteiger partial charge in [-0.1, -0.05) is 15.9 Å². The molecule has 0 bridgehead atoms. The third kappa shape index (κ3) is 3.21. The van der Waals surface area contributed by atoms with Crippen molar-refractivity contribution < 1.29 is 27.8 Å². The van der Waals surface area contributed by atoms with E-state index in [9.17, 15) is 18.0 Å². The van der Waals surface area contributed by atoms with Gasteiger partial charge in [-0.3, -0.25) is 0 Å². The van der Waals surface area contributed by atoms with Gasteiger partial charge in [0, 0.05) is 4.47 Å². The Balaban J connectivity index is 2.46. The Hall–Kier alpha value is -1.54. The highest BCUT2D eigenvalue weighted by atomic mass is 79.9. The maximum atomic E-state index is 14.0. The van der Waals surface area contributed by atoms with Gasteiger partial charge in [0.1, 0.15) is 0 Å². The van der Waals surface area contributed by atoms with Gasteiger partial charge in [-0.25, -0.2) is 13.6 Å². The van der Waals surface area contributed by atoms with Gasteiger partial charge in [-0.05, 0) is 40.2 Å². The zero-order valence-corrected chi connectivity index (χ0v) is 13.1. The van der Waals surface area contributed by atoms with Gasteiger partial charge in [-0.2, -0.15) is 4.39 Å². The van der Waals surface area contributed by atoms with Crippen molar-refractivity contribution in [2.45, 2.75) is 0 Å². The highest BCUT2D eigenvalue weighted by molar-refractivity contribution is 9.10. The lowest BCUT2D eigenvalue weighted by Gasteiger charge is -2.10. The molecule has 2 aromatic rings. The lowest BCUT2D eigenvalue weighted by molar-refractivity contribution is 0.0695. The molecule has 8 heteroatoms. The van der Waals surface area contributed by atoms with Gasteiger partial charge in [-0.15, -0.1) is 0 Å². The number of hydrogen-bond acceptors (Lipinski definition) is 2. The number of halogens is 5. The smallest absolute Gasteiger partial charge is 0.336 e. The number of aromatic carboxylic acids is 1. The van der Waals surface area contributed by atoms with Crippen LogP contribution in [0, 0.1) is 17.5 Å². The summed E-state index contributed by atoms with van der Waals surface area (Å²) in [6.45, 7) is 0. The van der Waals surface area contributed by atoms with Crippen LogP contribution >= 0.6 is 31.9 Å². The number of ether oxygens (including phenoxy) is 1. The number of benzene rings is 2. The molecule has 0 saturated carbocycles. The van der Waals surface area contributed by atoms with Crippen molar-refractivity contribution in [3.8, 4) is 11.5 Å². The third-order valence-electron chi connectivity index (χ3n) is 2.46. The normalized spacial score (nSPS) is 10.5. The fourth-order valence-corrected chi connectivity index (χ4v) is 2.41. The second-order valence-corrected chi connectivity index (χ2v) is 5.55. The van der Waals surface area contributed by atoms with E-state index >= 15 is 0 Å². The average molecular weight is 426 g/mol. The van der Waals surface area contributed by atoms with E-state index in [1.165, 1.54) is 0 Å². The molecule has 3 nitrogen and oxygen atoms in total. The van der Waals surface area contributed by atoms with Crippen LogP contribution in [0.2, 0.25) is 0 Å². The summed E-state index contributed by atoms with van der Waals surface area (Å²) in [5.41, 5.74) is -0.319. The van der Waals surface area contributed by atoms with E-state index in [4.69, 9.17) is 9.84 Å². The molecule has 0 atom stereocenters. The number of carbonyl (C=O) groups is 1. The van der Waals surface area contributed by atoms with Gasteiger partial charge in [0.05, 0.1) is 10.0 Å². The first kappa shape index (κ1) is 15.8. The highest BCUT2D eigenvalue weighted by Gasteiger charge is 2.19. The fourth-order valence-electron chi connectivity index (χ4n) is 1.50. The zero-order chi connectivity index (χ0) is 15.7. The quantitative estimate of drug-likeness (QED) is 0.694. The first-order valence-electron chi connectivity index (χ1n) is 5.35. The summed E-state index contributed by atoms with van der Waals surface area (Å²) in [6, 6.07) is 4.11. The SMILES string of the molecule is O=C(O)c1ccc(Oc2cc(Br)cc(F)c2F)c(F)c1Br. The predicted molar refractivity (Wildman–Crippen MR) is 75.2 cm³/mol. The predicted octanol–water partition coefficient (Wildman–Crippen LogP) is 5.12. The standard InChI is InChI=1S/C13H5Br2F3O3/c14-5-3-7(16)11(17)9(4-5)21-8-2-1-6(13(19)20)10(15)12(8)18/h1-4H,(H,19,20). The summed E-state index contributed by atoms with van der Waals surface area (Å²) in [5.74, 6) is -5.79. The fraction of sp³-hybridized carbons (Fsp3) is 0. The van der Waals surface area contributed by atoms with Crippen LogP contribution in [0.5, 0.6) is 11.5 Å². The summed E-state index contributed by atoms with van der Waals surface area (Å²) >= 11 is 5.74. The van der Waals surface area contributed by atoms with E-state index in [2.05, 4.69) is 31.9 Å². The minimum atomic E-state index is -1.34. The number of carboxylic acid groups (broad SMARTS) is 1. The lowest BCUT2D eigenvalue weighted by atomic mass is 10.2. The molecule has 0 saturated heterocycles.